The highest BCUT2D eigenvalue weighted by Crippen LogP contribution is 2.35. The van der Waals surface area contributed by atoms with E-state index in [-0.39, 0.29) is 29.8 Å². The van der Waals surface area contributed by atoms with E-state index in [4.69, 9.17) is 0 Å². The second-order valence-electron chi connectivity index (χ2n) is 10.3. The van der Waals surface area contributed by atoms with Crippen molar-refractivity contribution in [2.24, 2.45) is 5.92 Å². The number of amides is 2. The Morgan fingerprint density at radius 3 is 2.55 bits per heavy atom. The Balaban J connectivity index is 1.41. The summed E-state index contributed by atoms with van der Waals surface area (Å²) < 4.78 is 0. The first kappa shape index (κ1) is 24.2. The van der Waals surface area contributed by atoms with E-state index in [1.165, 1.54) is 36.8 Å². The van der Waals surface area contributed by atoms with Crippen molar-refractivity contribution in [3.8, 4) is 0 Å². The highest BCUT2D eigenvalue weighted by atomic mass is 16.2. The maximum atomic E-state index is 13.5. The molecule has 1 aliphatic heterocycles. The standard InChI is InChI=1S/C27H42N4O2/c1-19(28-2)26(32)30-25(21-11-4-3-5-12-21)27(33)29-22-14-9-17-31(18-22)24-16-8-13-20-10-6-7-15-23(20)24/h6-7,10,15,19,21-22,24-25,28H,3-5,8-9,11-14,16-18H2,1-2H3,(H,29,33)(H,30,32)/t19-,22-,24+,25-/m0/s1. The summed E-state index contributed by atoms with van der Waals surface area (Å²) in [6.45, 7) is 3.82. The zero-order valence-corrected chi connectivity index (χ0v) is 20.4. The molecule has 182 valence electrons. The number of hydrogen-bond donors (Lipinski definition) is 3. The quantitative estimate of drug-likeness (QED) is 0.591. The Kier molecular flexibility index (Phi) is 8.42. The van der Waals surface area contributed by atoms with Crippen molar-refractivity contribution in [3.05, 3.63) is 35.4 Å². The lowest BCUT2D eigenvalue weighted by atomic mass is 9.83. The predicted molar refractivity (Wildman–Crippen MR) is 132 cm³/mol. The number of carbonyl (C=O) groups excluding carboxylic acids is 2. The van der Waals surface area contributed by atoms with E-state index in [1.54, 1.807) is 7.05 Å². The molecule has 0 spiro atoms. The van der Waals surface area contributed by atoms with Gasteiger partial charge < -0.3 is 16.0 Å². The molecule has 0 bridgehead atoms. The molecule has 1 heterocycles. The lowest BCUT2D eigenvalue weighted by Gasteiger charge is -2.41. The first-order chi connectivity index (χ1) is 16.1. The molecule has 1 aromatic carbocycles. The van der Waals surface area contributed by atoms with Gasteiger partial charge in [0.1, 0.15) is 6.04 Å². The Morgan fingerprint density at radius 1 is 0.970 bits per heavy atom. The number of rotatable bonds is 7. The van der Waals surface area contributed by atoms with Crippen LogP contribution in [0.3, 0.4) is 0 Å². The molecule has 0 radical (unpaired) electrons. The van der Waals surface area contributed by atoms with Gasteiger partial charge in [0.2, 0.25) is 11.8 Å². The molecule has 1 saturated carbocycles. The number of nitrogens with one attached hydrogen (secondary N) is 3. The molecule has 2 amide bonds. The van der Waals surface area contributed by atoms with Crippen LogP contribution in [-0.4, -0.2) is 55.0 Å². The average Bonchev–Trinajstić information content (AvgIpc) is 2.86. The number of aryl methyl sites for hydroxylation is 1. The minimum absolute atomic E-state index is 0.00875. The van der Waals surface area contributed by atoms with Gasteiger partial charge in [-0.3, -0.25) is 14.5 Å². The molecule has 6 nitrogen and oxygen atoms in total. The SMILES string of the molecule is CN[C@@H](C)C(=O)N[C@H](C(=O)N[C@H]1CCCN([C@@H]2CCCc3ccccc32)C1)C1CCCCC1. The third-order valence-electron chi connectivity index (χ3n) is 8.11. The summed E-state index contributed by atoms with van der Waals surface area (Å²) in [6.07, 6.45) is 11.3. The van der Waals surface area contributed by atoms with E-state index in [2.05, 4.69) is 45.1 Å². The number of piperidine rings is 1. The van der Waals surface area contributed by atoms with Crippen molar-refractivity contribution in [1.29, 1.82) is 0 Å². The van der Waals surface area contributed by atoms with Crippen LogP contribution in [0.25, 0.3) is 0 Å². The first-order valence-electron chi connectivity index (χ1n) is 13.2. The summed E-state index contributed by atoms with van der Waals surface area (Å²) in [4.78, 5) is 28.7. The largest absolute Gasteiger partial charge is 0.350 e. The minimum Gasteiger partial charge on any atom is -0.350 e. The van der Waals surface area contributed by atoms with Crippen LogP contribution in [0, 0.1) is 5.92 Å². The van der Waals surface area contributed by atoms with Crippen molar-refractivity contribution in [1.82, 2.24) is 20.9 Å². The zero-order valence-electron chi connectivity index (χ0n) is 20.4. The first-order valence-corrected chi connectivity index (χ1v) is 13.2. The number of carbonyl (C=O) groups is 2. The predicted octanol–water partition coefficient (Wildman–Crippen LogP) is 3.32. The minimum atomic E-state index is -0.431. The molecule has 1 saturated heterocycles. The second-order valence-corrected chi connectivity index (χ2v) is 10.3. The maximum absolute atomic E-state index is 13.5. The van der Waals surface area contributed by atoms with E-state index >= 15 is 0 Å². The molecular weight excluding hydrogens is 412 g/mol. The highest BCUT2D eigenvalue weighted by Gasteiger charge is 2.35. The summed E-state index contributed by atoms with van der Waals surface area (Å²) in [7, 11) is 1.78. The van der Waals surface area contributed by atoms with Crippen molar-refractivity contribution < 1.29 is 9.59 Å². The summed E-state index contributed by atoms with van der Waals surface area (Å²) in [6, 6.07) is 8.73. The van der Waals surface area contributed by atoms with Crippen molar-refractivity contribution >= 4 is 11.8 Å². The van der Waals surface area contributed by atoms with Crippen molar-refractivity contribution in [2.75, 3.05) is 20.1 Å². The summed E-state index contributed by atoms with van der Waals surface area (Å²) >= 11 is 0. The van der Waals surface area contributed by atoms with Gasteiger partial charge in [0, 0.05) is 18.6 Å². The molecule has 3 N–H and O–H groups in total. The van der Waals surface area contributed by atoms with Crippen LogP contribution in [-0.2, 0) is 16.0 Å². The number of hydrogen-bond acceptors (Lipinski definition) is 4. The van der Waals surface area contributed by atoms with Gasteiger partial charge in [0.25, 0.3) is 0 Å². The molecule has 33 heavy (non-hydrogen) atoms. The molecule has 0 aromatic heterocycles. The summed E-state index contributed by atoms with van der Waals surface area (Å²) in [5.74, 6) is 0.151. The van der Waals surface area contributed by atoms with Gasteiger partial charge in [0.15, 0.2) is 0 Å². The molecule has 2 aliphatic carbocycles. The fourth-order valence-corrected chi connectivity index (χ4v) is 6.08. The normalized spacial score (nSPS) is 26.1. The molecule has 6 heteroatoms. The number of fused-ring (bicyclic) bond motifs is 1. The molecule has 1 aromatic rings. The van der Waals surface area contributed by atoms with Gasteiger partial charge in [-0.2, -0.15) is 0 Å². The second kappa shape index (κ2) is 11.5. The lowest BCUT2D eigenvalue weighted by molar-refractivity contribution is -0.132. The van der Waals surface area contributed by atoms with E-state index < -0.39 is 6.04 Å². The Bertz CT molecular complexity index is 807. The van der Waals surface area contributed by atoms with Gasteiger partial charge in [0.05, 0.1) is 6.04 Å². The van der Waals surface area contributed by atoms with Crippen LogP contribution < -0.4 is 16.0 Å². The van der Waals surface area contributed by atoms with Gasteiger partial charge >= 0.3 is 0 Å². The fraction of sp³-hybridized carbons (Fsp3) is 0.704. The fourth-order valence-electron chi connectivity index (χ4n) is 6.08. The van der Waals surface area contributed by atoms with E-state index in [0.29, 0.717) is 6.04 Å². The smallest absolute Gasteiger partial charge is 0.243 e. The van der Waals surface area contributed by atoms with Crippen LogP contribution in [0.5, 0.6) is 0 Å². The van der Waals surface area contributed by atoms with Crippen LogP contribution in [0.15, 0.2) is 24.3 Å². The van der Waals surface area contributed by atoms with E-state index in [0.717, 1.165) is 51.6 Å². The molecular formula is C27H42N4O2. The molecule has 4 atom stereocenters. The summed E-state index contributed by atoms with van der Waals surface area (Å²) in [5, 5.41) is 9.44. The number of nitrogens with zero attached hydrogens (tertiary/aromatic N) is 1. The van der Waals surface area contributed by atoms with Gasteiger partial charge in [-0.25, -0.2) is 0 Å². The van der Waals surface area contributed by atoms with E-state index in [9.17, 15) is 9.59 Å². The average molecular weight is 455 g/mol. The van der Waals surface area contributed by atoms with Crippen LogP contribution in [0.2, 0.25) is 0 Å². The Hall–Kier alpha value is -1.92. The number of likely N-dealkylation sites (N-methyl/N-ethyl adjacent to an activating group) is 1. The zero-order chi connectivity index (χ0) is 23.2. The molecule has 0 unspecified atom stereocenters. The van der Waals surface area contributed by atoms with Crippen LogP contribution in [0.4, 0.5) is 0 Å². The molecule has 3 aliphatic rings. The van der Waals surface area contributed by atoms with Crippen LogP contribution in [0.1, 0.15) is 81.9 Å². The van der Waals surface area contributed by atoms with E-state index in [1.807, 2.05) is 6.92 Å². The van der Waals surface area contributed by atoms with Gasteiger partial charge in [-0.05, 0) is 82.5 Å². The van der Waals surface area contributed by atoms with Crippen molar-refractivity contribution in [3.63, 3.8) is 0 Å². The third kappa shape index (κ3) is 5.96. The Morgan fingerprint density at radius 2 is 1.76 bits per heavy atom. The molecule has 4 rings (SSSR count). The van der Waals surface area contributed by atoms with Crippen molar-refractivity contribution in [2.45, 2.75) is 95.3 Å². The topological polar surface area (TPSA) is 73.5 Å². The maximum Gasteiger partial charge on any atom is 0.243 e. The third-order valence-corrected chi connectivity index (χ3v) is 8.11. The van der Waals surface area contributed by atoms with Gasteiger partial charge in [-0.1, -0.05) is 43.5 Å². The van der Waals surface area contributed by atoms with Gasteiger partial charge in [-0.15, -0.1) is 0 Å². The number of likely N-dealkylation sites (tertiary alicyclic amines) is 1. The lowest BCUT2D eigenvalue weighted by Crippen LogP contribution is -2.58. The van der Waals surface area contributed by atoms with Crippen LogP contribution >= 0.6 is 0 Å². The number of benzene rings is 1. The highest BCUT2D eigenvalue weighted by molar-refractivity contribution is 5.90. The Labute approximate surface area is 199 Å². The molecule has 2 fully saturated rings. The monoisotopic (exact) mass is 454 g/mol. The summed E-state index contributed by atoms with van der Waals surface area (Å²) in [5.41, 5.74) is 2.96.